The Bertz CT molecular complexity index is 1580. The minimum Gasteiger partial charge on any atom is -0.388 e. The van der Waals surface area contributed by atoms with Crippen molar-refractivity contribution in [3.05, 3.63) is 102 Å². The quantitative estimate of drug-likeness (QED) is 0.223. The summed E-state index contributed by atoms with van der Waals surface area (Å²) < 4.78 is 15.6. The molecule has 4 aromatic rings. The van der Waals surface area contributed by atoms with Gasteiger partial charge >= 0.3 is 0 Å². The van der Waals surface area contributed by atoms with E-state index in [1.54, 1.807) is 18.5 Å². The minimum atomic E-state index is -0.590. The summed E-state index contributed by atoms with van der Waals surface area (Å²) in [5, 5.41) is 3.20. The molecule has 1 fully saturated rings. The van der Waals surface area contributed by atoms with Crippen molar-refractivity contribution in [1.82, 2.24) is 24.8 Å². The summed E-state index contributed by atoms with van der Waals surface area (Å²) in [5.41, 5.74) is 6.97. The van der Waals surface area contributed by atoms with E-state index in [4.69, 9.17) is 4.98 Å². The van der Waals surface area contributed by atoms with Crippen LogP contribution in [0.15, 0.2) is 79.3 Å². The van der Waals surface area contributed by atoms with Gasteiger partial charge in [0, 0.05) is 60.0 Å². The molecule has 7 heteroatoms. The molecule has 1 aliphatic heterocycles. The summed E-state index contributed by atoms with van der Waals surface area (Å²) >= 11 is 0. The Hall–Kier alpha value is -4.10. The third kappa shape index (κ3) is 5.34. The third-order valence-electron chi connectivity index (χ3n) is 7.84. The molecule has 0 radical (unpaired) electrons. The number of likely N-dealkylation sites (tertiary alicyclic amines) is 1. The summed E-state index contributed by atoms with van der Waals surface area (Å²) in [5.74, 6) is 0.474. The van der Waals surface area contributed by atoms with Crippen molar-refractivity contribution in [2.75, 3.05) is 32.0 Å². The number of anilines is 1. The summed E-state index contributed by atoms with van der Waals surface area (Å²) in [6, 6.07) is 9.43. The molecule has 206 valence electrons. The maximum Gasteiger partial charge on any atom is 0.178 e. The first kappa shape index (κ1) is 27.5. The molecule has 0 atom stereocenters. The van der Waals surface area contributed by atoms with Gasteiger partial charge < -0.3 is 10.3 Å². The van der Waals surface area contributed by atoms with Crippen LogP contribution in [-0.4, -0.2) is 51.5 Å². The number of imidazole rings is 1. The monoisotopic (exact) mass is 536 g/mol. The lowest BCUT2D eigenvalue weighted by Crippen LogP contribution is -2.23. The lowest BCUT2D eigenvalue weighted by atomic mass is 9.81. The first-order valence-electron chi connectivity index (χ1n) is 13.8. The van der Waals surface area contributed by atoms with Crippen molar-refractivity contribution in [3.8, 4) is 11.1 Å². The van der Waals surface area contributed by atoms with E-state index in [0.29, 0.717) is 16.9 Å². The van der Waals surface area contributed by atoms with Crippen LogP contribution in [0.2, 0.25) is 0 Å². The fourth-order valence-electron chi connectivity index (χ4n) is 5.50. The molecular weight excluding hydrogens is 499 g/mol. The van der Waals surface area contributed by atoms with Crippen molar-refractivity contribution in [1.29, 1.82) is 0 Å². The molecule has 2 N–H and O–H groups in total. The molecule has 1 aliphatic rings. The van der Waals surface area contributed by atoms with Crippen LogP contribution in [0.4, 0.5) is 10.1 Å². The molecule has 40 heavy (non-hydrogen) atoms. The number of benzene rings is 1. The second-order valence-corrected chi connectivity index (χ2v) is 10.8. The predicted molar refractivity (Wildman–Crippen MR) is 163 cm³/mol. The first-order chi connectivity index (χ1) is 19.3. The Morgan fingerprint density at radius 2 is 2.00 bits per heavy atom. The zero-order valence-electron chi connectivity index (χ0n) is 23.8. The van der Waals surface area contributed by atoms with Crippen LogP contribution in [-0.2, 0) is 5.41 Å². The molecule has 0 saturated carbocycles. The summed E-state index contributed by atoms with van der Waals surface area (Å²) in [6.45, 7) is 13.2. The van der Waals surface area contributed by atoms with Gasteiger partial charge in [-0.3, -0.25) is 9.88 Å². The number of nitrogens with zero attached hydrogens (tertiary/aromatic N) is 4. The maximum absolute atomic E-state index is 15.6. The molecule has 6 nitrogen and oxygen atoms in total. The molecule has 0 amide bonds. The number of allylic oxidation sites excluding steroid dienone is 3. The molecule has 0 unspecified atom stereocenters. The van der Waals surface area contributed by atoms with Crippen LogP contribution in [0.3, 0.4) is 0 Å². The summed E-state index contributed by atoms with van der Waals surface area (Å²) in [6.07, 6.45) is 13.7. The number of hydrogen-bond donors (Lipinski definition) is 2. The zero-order chi connectivity index (χ0) is 28.3. The highest BCUT2D eigenvalue weighted by Gasteiger charge is 2.31. The molecule has 1 saturated heterocycles. The topological polar surface area (TPSA) is 69.7 Å². The van der Waals surface area contributed by atoms with Gasteiger partial charge in [0.05, 0.1) is 5.52 Å². The van der Waals surface area contributed by atoms with Crippen molar-refractivity contribution >= 4 is 22.4 Å². The maximum atomic E-state index is 15.6. The average molecular weight is 537 g/mol. The van der Waals surface area contributed by atoms with Gasteiger partial charge in [0.1, 0.15) is 11.6 Å². The Kier molecular flexibility index (Phi) is 7.94. The number of aromatic amines is 1. The van der Waals surface area contributed by atoms with Crippen molar-refractivity contribution < 1.29 is 4.39 Å². The smallest absolute Gasteiger partial charge is 0.178 e. The van der Waals surface area contributed by atoms with Gasteiger partial charge in [0.25, 0.3) is 0 Å². The first-order valence-corrected chi connectivity index (χ1v) is 13.8. The van der Waals surface area contributed by atoms with E-state index in [-0.39, 0.29) is 5.82 Å². The molecule has 4 heterocycles. The number of nitrogens with one attached hydrogen (secondary N) is 2. The zero-order valence-corrected chi connectivity index (χ0v) is 23.8. The average Bonchev–Trinajstić information content (AvgIpc) is 3.66. The Morgan fingerprint density at radius 1 is 1.20 bits per heavy atom. The van der Waals surface area contributed by atoms with Crippen LogP contribution in [0.1, 0.15) is 50.6 Å². The van der Waals surface area contributed by atoms with Gasteiger partial charge in [-0.2, -0.15) is 0 Å². The number of pyridine rings is 2. The molecule has 3 aromatic heterocycles. The van der Waals surface area contributed by atoms with E-state index >= 15 is 4.39 Å². The second-order valence-electron chi connectivity index (χ2n) is 10.8. The minimum absolute atomic E-state index is 0.275. The fourth-order valence-corrected chi connectivity index (χ4v) is 5.50. The van der Waals surface area contributed by atoms with E-state index in [9.17, 15) is 0 Å². The van der Waals surface area contributed by atoms with Crippen LogP contribution >= 0.6 is 0 Å². The number of aromatic nitrogens is 4. The van der Waals surface area contributed by atoms with Gasteiger partial charge in [-0.05, 0) is 87.7 Å². The van der Waals surface area contributed by atoms with Gasteiger partial charge in [-0.1, -0.05) is 30.9 Å². The predicted octanol–water partition coefficient (Wildman–Crippen LogP) is 7.14. The fraction of sp³-hybridized carbons (Fsp3) is 0.303. The molecule has 0 aliphatic carbocycles. The van der Waals surface area contributed by atoms with Gasteiger partial charge in [-0.25, -0.2) is 14.4 Å². The van der Waals surface area contributed by atoms with E-state index in [2.05, 4.69) is 51.7 Å². The Balaban J connectivity index is 1.57. The van der Waals surface area contributed by atoms with Gasteiger partial charge in [-0.15, -0.1) is 0 Å². The van der Waals surface area contributed by atoms with Crippen LogP contribution in [0.5, 0.6) is 0 Å². The van der Waals surface area contributed by atoms with Crippen LogP contribution < -0.4 is 5.32 Å². The molecule has 1 aromatic carbocycles. The van der Waals surface area contributed by atoms with Crippen molar-refractivity contribution in [3.63, 3.8) is 0 Å². The second kappa shape index (κ2) is 11.6. The van der Waals surface area contributed by atoms with Gasteiger partial charge in [0.2, 0.25) is 0 Å². The standard InChI is InChI=1S/C33H37FN6/c1-6-22(21-40-15-8-9-16-40)17-23(7-2)26-18-27(29(35-5)19-28(26)34)33(3,4)32-38-30-25(12-14-37-31(30)39-32)24-11-10-13-36-20-24/h6-7,10-14,17-20,35H,1,8-9,15-16,21H2,2-5H3,(H,37,38,39)/b22-17+,23-7+. The number of hydrogen-bond acceptors (Lipinski definition) is 5. The SMILES string of the molecule is C=C/C(=C\C(=C/C)c1cc(C(C)(C)c2nc3nccc(-c4cccnc4)c3[nH]2)c(NC)cc1F)CN1CCCC1. The van der Waals surface area contributed by atoms with Gasteiger partial charge in [0.15, 0.2) is 5.65 Å². The lowest BCUT2D eigenvalue weighted by molar-refractivity contribution is 0.371. The highest BCUT2D eigenvalue weighted by atomic mass is 19.1. The van der Waals surface area contributed by atoms with E-state index in [1.807, 2.05) is 56.6 Å². The normalized spacial score (nSPS) is 15.1. The van der Waals surface area contributed by atoms with Crippen LogP contribution in [0, 0.1) is 5.82 Å². The number of halogens is 1. The summed E-state index contributed by atoms with van der Waals surface area (Å²) in [4.78, 5) is 19.7. The number of fused-ring (bicyclic) bond motifs is 1. The Labute approximate surface area is 235 Å². The number of rotatable bonds is 9. The van der Waals surface area contributed by atoms with E-state index < -0.39 is 5.41 Å². The largest absolute Gasteiger partial charge is 0.388 e. The van der Waals surface area contributed by atoms with Crippen molar-refractivity contribution in [2.45, 2.75) is 39.0 Å². The highest BCUT2D eigenvalue weighted by molar-refractivity contribution is 5.89. The number of H-pyrrole nitrogens is 1. The van der Waals surface area contributed by atoms with E-state index in [1.165, 1.54) is 12.8 Å². The molecule has 0 bridgehead atoms. The molecular formula is C33H37FN6. The highest BCUT2D eigenvalue weighted by Crippen LogP contribution is 2.39. The Morgan fingerprint density at radius 3 is 2.67 bits per heavy atom. The summed E-state index contributed by atoms with van der Waals surface area (Å²) in [7, 11) is 1.82. The lowest BCUT2D eigenvalue weighted by Gasteiger charge is -2.27. The van der Waals surface area contributed by atoms with E-state index in [0.717, 1.165) is 58.8 Å². The van der Waals surface area contributed by atoms with Crippen molar-refractivity contribution in [2.24, 2.45) is 0 Å². The van der Waals surface area contributed by atoms with Crippen LogP contribution in [0.25, 0.3) is 27.9 Å². The molecule has 0 spiro atoms. The molecule has 5 rings (SSSR count). The third-order valence-corrected chi connectivity index (χ3v) is 7.84.